The smallest absolute Gasteiger partial charge is 0.257 e. The molecule has 40 heavy (non-hydrogen) atoms. The molecule has 1 aromatic carbocycles. The van der Waals surface area contributed by atoms with Crippen LogP contribution in [0, 0.1) is 12.7 Å². The number of carbonyl (C=O) groups excluding carboxylic acids is 1. The number of benzene rings is 1. The fraction of sp³-hybridized carbons (Fsp3) is 0.500. The Balaban J connectivity index is 1.55. The molecule has 0 bridgehead atoms. The zero-order chi connectivity index (χ0) is 28.5. The lowest BCUT2D eigenvalue weighted by Gasteiger charge is -2.37. The average molecular weight is 552 g/mol. The van der Waals surface area contributed by atoms with Gasteiger partial charge in [0.15, 0.2) is 6.29 Å². The maximum Gasteiger partial charge on any atom is 0.257 e. The van der Waals surface area contributed by atoms with Crippen molar-refractivity contribution in [1.29, 1.82) is 0 Å². The molecule has 0 spiro atoms. The van der Waals surface area contributed by atoms with E-state index in [2.05, 4.69) is 5.32 Å². The number of nitrogens with zero attached hydrogens (tertiary/aromatic N) is 2. The third-order valence-electron chi connectivity index (χ3n) is 8.91. The van der Waals surface area contributed by atoms with Gasteiger partial charge >= 0.3 is 0 Å². The summed E-state index contributed by atoms with van der Waals surface area (Å²) < 4.78 is 22.0. The van der Waals surface area contributed by atoms with E-state index in [4.69, 9.17) is 9.72 Å². The monoisotopic (exact) mass is 551 g/mol. The van der Waals surface area contributed by atoms with Crippen LogP contribution in [0.2, 0.25) is 0 Å². The highest BCUT2D eigenvalue weighted by molar-refractivity contribution is 5.93. The number of hydrogen-bond donors (Lipinski definition) is 4. The molecule has 4 atom stereocenters. The van der Waals surface area contributed by atoms with E-state index in [1.807, 2.05) is 6.92 Å². The zero-order valence-corrected chi connectivity index (χ0v) is 22.9. The van der Waals surface area contributed by atoms with Crippen molar-refractivity contribution in [3.8, 4) is 11.4 Å². The summed E-state index contributed by atoms with van der Waals surface area (Å²) in [6.45, 7) is 5.45. The van der Waals surface area contributed by atoms with Gasteiger partial charge in [0.2, 0.25) is 5.91 Å². The molecule has 2 aliphatic heterocycles. The van der Waals surface area contributed by atoms with Gasteiger partial charge in [-0.2, -0.15) is 0 Å². The molecule has 1 aliphatic carbocycles. The van der Waals surface area contributed by atoms with Gasteiger partial charge in [-0.1, -0.05) is 20.3 Å². The van der Waals surface area contributed by atoms with Crippen LogP contribution in [0.1, 0.15) is 85.4 Å². The van der Waals surface area contributed by atoms with E-state index >= 15 is 4.39 Å². The lowest BCUT2D eigenvalue weighted by molar-refractivity contribution is -0.236. The lowest BCUT2D eigenvalue weighted by atomic mass is 9.81. The molecule has 10 heteroatoms. The highest BCUT2D eigenvalue weighted by Gasteiger charge is 2.45. The van der Waals surface area contributed by atoms with Crippen LogP contribution in [0.25, 0.3) is 22.3 Å². The van der Waals surface area contributed by atoms with Crippen molar-refractivity contribution in [1.82, 2.24) is 14.9 Å². The van der Waals surface area contributed by atoms with Crippen LogP contribution in [0.15, 0.2) is 16.9 Å². The Morgan fingerprint density at radius 2 is 2.08 bits per heavy atom. The predicted octanol–water partition coefficient (Wildman–Crippen LogP) is 2.97. The molecular weight excluding hydrogens is 517 g/mol. The Bertz CT molecular complexity index is 1620. The fourth-order valence-corrected chi connectivity index (χ4v) is 6.72. The number of nitrogens with one attached hydrogen (secondary N) is 1. The zero-order valence-electron chi connectivity index (χ0n) is 22.9. The summed E-state index contributed by atoms with van der Waals surface area (Å²) in [7, 11) is 0. The molecule has 4 heterocycles. The number of fused-ring (bicyclic) bond motifs is 5. The Labute approximate surface area is 230 Å². The minimum absolute atomic E-state index is 0.0135. The number of amides is 1. The van der Waals surface area contributed by atoms with E-state index in [0.29, 0.717) is 47.3 Å². The van der Waals surface area contributed by atoms with Crippen molar-refractivity contribution in [2.24, 2.45) is 0 Å². The van der Waals surface area contributed by atoms with Crippen LogP contribution in [0.4, 0.5) is 4.39 Å². The first-order valence-electron chi connectivity index (χ1n) is 14.0. The summed E-state index contributed by atoms with van der Waals surface area (Å²) in [5, 5.41) is 35.8. The number of pyridine rings is 2. The second kappa shape index (κ2) is 9.73. The van der Waals surface area contributed by atoms with Crippen LogP contribution in [-0.4, -0.2) is 43.2 Å². The quantitative estimate of drug-likeness (QED) is 0.290. The minimum Gasteiger partial charge on any atom is -0.393 e. The van der Waals surface area contributed by atoms with Crippen LogP contribution in [0.3, 0.4) is 0 Å². The molecular formula is C30H34FN3O6. The normalized spacial score (nSPS) is 23.5. The van der Waals surface area contributed by atoms with Gasteiger partial charge in [-0.25, -0.2) is 9.37 Å². The van der Waals surface area contributed by atoms with Crippen molar-refractivity contribution in [2.75, 3.05) is 0 Å². The minimum atomic E-state index is -1.76. The van der Waals surface area contributed by atoms with Crippen molar-refractivity contribution in [2.45, 2.75) is 96.5 Å². The first kappa shape index (κ1) is 27.0. The number of aliphatic hydroxyl groups excluding tert-OH is 2. The molecule has 6 rings (SSSR count). The number of aliphatic hydroxyl groups is 3. The Kier molecular flexibility index (Phi) is 6.57. The van der Waals surface area contributed by atoms with Crippen molar-refractivity contribution < 1.29 is 29.2 Å². The van der Waals surface area contributed by atoms with E-state index in [1.165, 1.54) is 6.07 Å². The summed E-state index contributed by atoms with van der Waals surface area (Å²) in [4.78, 5) is 31.5. The average Bonchev–Trinajstić information content (AvgIpc) is 3.29. The second-order valence-corrected chi connectivity index (χ2v) is 11.3. The summed E-state index contributed by atoms with van der Waals surface area (Å²) in [6, 6.07) is 2.67. The first-order chi connectivity index (χ1) is 19.1. The van der Waals surface area contributed by atoms with Crippen molar-refractivity contribution in [3.63, 3.8) is 0 Å². The van der Waals surface area contributed by atoms with E-state index in [9.17, 15) is 24.9 Å². The Morgan fingerprint density at radius 1 is 1.30 bits per heavy atom. The number of aromatic nitrogens is 2. The van der Waals surface area contributed by atoms with Crippen LogP contribution < -0.4 is 10.9 Å². The molecule has 3 aromatic rings. The number of carbonyl (C=O) groups is 1. The number of aryl methyl sites for hydroxylation is 1. The Morgan fingerprint density at radius 3 is 2.80 bits per heavy atom. The topological polar surface area (TPSA) is 134 Å². The summed E-state index contributed by atoms with van der Waals surface area (Å²) in [6.07, 6.45) is 0.275. The SMILES string of the molecule is CCCC(O)CC(=O)N[C@H]1CCc2c(C)c(F)cc3nc4c(c1c23)Cn1c-4cc2c(c1=O)COC(O)[C@]2(O)CC. The fourth-order valence-electron chi connectivity index (χ4n) is 6.72. The van der Waals surface area contributed by atoms with E-state index < -0.39 is 24.0 Å². The van der Waals surface area contributed by atoms with Gasteiger partial charge < -0.3 is 29.9 Å². The lowest BCUT2D eigenvalue weighted by Crippen LogP contribution is -2.47. The molecule has 1 amide bonds. The van der Waals surface area contributed by atoms with Crippen molar-refractivity contribution in [3.05, 3.63) is 61.7 Å². The number of hydrogen-bond acceptors (Lipinski definition) is 7. The molecule has 0 fully saturated rings. The molecule has 212 valence electrons. The molecule has 9 nitrogen and oxygen atoms in total. The van der Waals surface area contributed by atoms with Crippen LogP contribution >= 0.6 is 0 Å². The van der Waals surface area contributed by atoms with Crippen molar-refractivity contribution >= 4 is 16.8 Å². The van der Waals surface area contributed by atoms with Gasteiger partial charge in [0.05, 0.1) is 48.6 Å². The van der Waals surface area contributed by atoms with E-state index in [0.717, 1.165) is 28.5 Å². The summed E-state index contributed by atoms with van der Waals surface area (Å²) in [5.74, 6) is -0.637. The standard InChI is InChI=1S/C30H34FN3O6/c1-4-6-15(35)9-24(36)32-21-8-7-16-14(3)20(31)11-22-25(16)26(21)17-12-34-23(27(17)33-22)10-19-18(28(34)37)13-40-29(38)30(19,39)5-2/h10-11,15,21,29,35,38-39H,4-9,12-13H2,1-3H3,(H,32,36)/t15?,21-,29?,30-/m0/s1. The maximum atomic E-state index is 15.0. The van der Waals surface area contributed by atoms with E-state index in [1.54, 1.807) is 24.5 Å². The molecule has 0 saturated carbocycles. The van der Waals surface area contributed by atoms with Gasteiger partial charge in [-0.15, -0.1) is 0 Å². The molecule has 2 aromatic heterocycles. The molecule has 3 aliphatic rings. The number of ether oxygens (including phenoxy) is 1. The predicted molar refractivity (Wildman–Crippen MR) is 145 cm³/mol. The largest absolute Gasteiger partial charge is 0.393 e. The third kappa shape index (κ3) is 3.92. The van der Waals surface area contributed by atoms with Gasteiger partial charge in [-0.3, -0.25) is 9.59 Å². The van der Waals surface area contributed by atoms with Gasteiger partial charge in [0, 0.05) is 28.1 Å². The third-order valence-corrected chi connectivity index (χ3v) is 8.91. The van der Waals surface area contributed by atoms with Crippen LogP contribution in [-0.2, 0) is 34.7 Å². The number of halogens is 1. The van der Waals surface area contributed by atoms with Gasteiger partial charge in [-0.05, 0) is 55.4 Å². The van der Waals surface area contributed by atoms with Crippen LogP contribution in [0.5, 0.6) is 0 Å². The first-order valence-corrected chi connectivity index (χ1v) is 14.0. The maximum absolute atomic E-state index is 15.0. The molecule has 4 N–H and O–H groups in total. The summed E-state index contributed by atoms with van der Waals surface area (Å²) in [5.41, 5.74) is 2.83. The summed E-state index contributed by atoms with van der Waals surface area (Å²) >= 11 is 0. The highest BCUT2D eigenvalue weighted by atomic mass is 19.1. The van der Waals surface area contributed by atoms with E-state index in [-0.39, 0.29) is 48.8 Å². The van der Waals surface area contributed by atoms with Gasteiger partial charge in [0.1, 0.15) is 11.4 Å². The van der Waals surface area contributed by atoms with Gasteiger partial charge in [0.25, 0.3) is 5.56 Å². The highest BCUT2D eigenvalue weighted by Crippen LogP contribution is 2.46. The molecule has 2 unspecified atom stereocenters. The molecule has 0 radical (unpaired) electrons. The Hall–Kier alpha value is -3.18. The molecule has 0 saturated heterocycles. The number of rotatable bonds is 6. The second-order valence-electron chi connectivity index (χ2n) is 11.3.